The van der Waals surface area contributed by atoms with Crippen LogP contribution in [0.4, 0.5) is 15.8 Å². The van der Waals surface area contributed by atoms with Gasteiger partial charge in [0.05, 0.1) is 23.4 Å². The van der Waals surface area contributed by atoms with E-state index < -0.39 is 0 Å². The predicted molar refractivity (Wildman–Crippen MR) is 128 cm³/mol. The Morgan fingerprint density at radius 3 is 2.76 bits per heavy atom. The van der Waals surface area contributed by atoms with Crippen LogP contribution in [-0.2, 0) is 11.2 Å². The number of nitrogens with one attached hydrogen (secondary N) is 1. The third-order valence-corrected chi connectivity index (χ3v) is 5.04. The van der Waals surface area contributed by atoms with Gasteiger partial charge in [-0.2, -0.15) is 5.26 Å². The van der Waals surface area contributed by atoms with Crippen LogP contribution in [0.25, 0.3) is 10.9 Å². The molecule has 3 rings (SSSR count). The number of carbonyl (C=O) groups excluding carboxylic acids is 1. The van der Waals surface area contributed by atoms with Crippen molar-refractivity contribution in [3.05, 3.63) is 71.2 Å². The molecule has 0 saturated carbocycles. The number of hydrogen-bond acceptors (Lipinski definition) is 6. The molecule has 0 aliphatic rings. The number of anilines is 2. The fourth-order valence-corrected chi connectivity index (χ4v) is 3.42. The maximum absolute atomic E-state index is 13.7. The minimum absolute atomic E-state index is 0.0507. The highest BCUT2D eigenvalue weighted by molar-refractivity contribution is 5.98. The number of aryl methyl sites for hydroxylation is 1. The molecule has 0 atom stereocenters. The van der Waals surface area contributed by atoms with Crippen LogP contribution < -0.4 is 10.1 Å². The van der Waals surface area contributed by atoms with Crippen LogP contribution in [0, 0.1) is 24.1 Å². The fourth-order valence-electron chi connectivity index (χ4n) is 3.42. The van der Waals surface area contributed by atoms with Crippen LogP contribution in [0.15, 0.2) is 48.7 Å². The van der Waals surface area contributed by atoms with Crippen LogP contribution in [0.1, 0.15) is 23.6 Å². The normalized spacial score (nSPS) is 11.2. The molecule has 6 nitrogen and oxygen atoms in total. The van der Waals surface area contributed by atoms with Crippen molar-refractivity contribution in [3.63, 3.8) is 0 Å². The van der Waals surface area contributed by atoms with Gasteiger partial charge in [-0.3, -0.25) is 9.78 Å². The largest absolute Gasteiger partial charge is 0.494 e. The molecule has 1 aromatic heterocycles. The summed E-state index contributed by atoms with van der Waals surface area (Å²) in [7, 11) is 3.87. The quantitative estimate of drug-likeness (QED) is 0.470. The molecule has 1 heterocycles. The molecule has 0 bridgehead atoms. The number of aromatic nitrogens is 1. The summed E-state index contributed by atoms with van der Waals surface area (Å²) in [4.78, 5) is 19.0. The number of rotatable bonds is 9. The van der Waals surface area contributed by atoms with E-state index >= 15 is 0 Å². The number of benzene rings is 2. The van der Waals surface area contributed by atoms with Crippen molar-refractivity contribution < 1.29 is 13.9 Å². The summed E-state index contributed by atoms with van der Waals surface area (Å²) in [6.07, 6.45) is 5.04. The summed E-state index contributed by atoms with van der Waals surface area (Å²) in [6, 6.07) is 10.5. The Balaban J connectivity index is 2.07. The zero-order chi connectivity index (χ0) is 24.0. The van der Waals surface area contributed by atoms with E-state index in [0.29, 0.717) is 57.9 Å². The van der Waals surface area contributed by atoms with Crippen molar-refractivity contribution in [1.82, 2.24) is 9.88 Å². The minimum atomic E-state index is -0.301. The van der Waals surface area contributed by atoms with Crippen molar-refractivity contribution in [2.75, 3.05) is 32.6 Å². The molecule has 0 saturated heterocycles. The summed E-state index contributed by atoms with van der Waals surface area (Å²) in [6.45, 7) is 4.67. The third kappa shape index (κ3) is 5.93. The molecule has 1 N–H and O–H groups in total. The lowest BCUT2D eigenvalue weighted by atomic mass is 10.0. The predicted octanol–water partition coefficient (Wildman–Crippen LogP) is 4.93. The van der Waals surface area contributed by atoms with Crippen LogP contribution in [-0.4, -0.2) is 42.9 Å². The Morgan fingerprint density at radius 2 is 2.09 bits per heavy atom. The number of fused-ring (bicyclic) bond motifs is 1. The fraction of sp³-hybridized carbons (Fsp3) is 0.269. The second-order valence-corrected chi connectivity index (χ2v) is 7.97. The Kier molecular flexibility index (Phi) is 7.75. The SMILES string of the molecule is CCOc1cc2ncc(C#N)c(Nc3ccc(F)c(C)c3)c2cc1CC(=O)/C=C/CN(C)C. The molecule has 0 spiro atoms. The molecule has 3 aromatic rings. The number of ketones is 1. The number of allylic oxidation sites excluding steroid dienone is 1. The van der Waals surface area contributed by atoms with Crippen molar-refractivity contribution in [2.24, 2.45) is 0 Å². The molecule has 0 aliphatic carbocycles. The third-order valence-electron chi connectivity index (χ3n) is 5.04. The summed E-state index contributed by atoms with van der Waals surface area (Å²) >= 11 is 0. The Morgan fingerprint density at radius 1 is 1.30 bits per heavy atom. The van der Waals surface area contributed by atoms with Crippen LogP contribution in [0.5, 0.6) is 5.75 Å². The van der Waals surface area contributed by atoms with Crippen LogP contribution in [0.3, 0.4) is 0 Å². The number of carbonyl (C=O) groups is 1. The molecule has 7 heteroatoms. The number of ether oxygens (including phenoxy) is 1. The molecular formula is C26H27FN4O2. The molecule has 0 amide bonds. The van der Waals surface area contributed by atoms with E-state index in [0.717, 1.165) is 0 Å². The lowest BCUT2D eigenvalue weighted by Crippen LogP contribution is -2.11. The van der Waals surface area contributed by atoms with E-state index in [1.807, 2.05) is 38.1 Å². The first-order valence-electron chi connectivity index (χ1n) is 10.7. The number of nitrogens with zero attached hydrogens (tertiary/aromatic N) is 3. The second-order valence-electron chi connectivity index (χ2n) is 7.97. The maximum Gasteiger partial charge on any atom is 0.159 e. The van der Waals surface area contributed by atoms with Gasteiger partial charge in [-0.25, -0.2) is 4.39 Å². The van der Waals surface area contributed by atoms with Gasteiger partial charge in [0.25, 0.3) is 0 Å². The van der Waals surface area contributed by atoms with Crippen molar-refractivity contribution in [2.45, 2.75) is 20.3 Å². The van der Waals surface area contributed by atoms with Crippen molar-refractivity contribution in [1.29, 1.82) is 5.26 Å². The van der Waals surface area contributed by atoms with Gasteiger partial charge in [-0.1, -0.05) is 6.08 Å². The smallest absolute Gasteiger partial charge is 0.159 e. The molecule has 0 fully saturated rings. The van der Waals surface area contributed by atoms with Gasteiger partial charge in [-0.15, -0.1) is 0 Å². The van der Waals surface area contributed by atoms with Crippen molar-refractivity contribution in [3.8, 4) is 11.8 Å². The average molecular weight is 447 g/mol. The van der Waals surface area contributed by atoms with Gasteiger partial charge in [0, 0.05) is 41.9 Å². The van der Waals surface area contributed by atoms with Gasteiger partial charge < -0.3 is 15.0 Å². The van der Waals surface area contributed by atoms with E-state index in [1.54, 1.807) is 31.2 Å². The van der Waals surface area contributed by atoms with E-state index in [1.165, 1.54) is 12.3 Å². The first kappa shape index (κ1) is 23.9. The first-order chi connectivity index (χ1) is 15.8. The Bertz CT molecular complexity index is 1250. The number of halogens is 1. The van der Waals surface area contributed by atoms with E-state index in [-0.39, 0.29) is 18.0 Å². The Hall–Kier alpha value is -3.76. The Labute approximate surface area is 193 Å². The molecular weight excluding hydrogens is 419 g/mol. The number of likely N-dealkylation sites (N-methyl/N-ethyl adjacent to an activating group) is 1. The standard InChI is InChI=1S/C26H27FN4O2/c1-5-33-25-14-24-22(13-18(25)12-21(32)7-6-10-31(3)4)26(19(15-28)16-29-24)30-20-8-9-23(27)17(2)11-20/h6-9,11,13-14,16H,5,10,12H2,1-4H3,(H,29,30)/b7-6+. The van der Waals surface area contributed by atoms with E-state index in [9.17, 15) is 14.4 Å². The van der Waals surface area contributed by atoms with E-state index in [4.69, 9.17) is 4.74 Å². The molecule has 0 unspecified atom stereocenters. The molecule has 0 aliphatic heterocycles. The molecule has 33 heavy (non-hydrogen) atoms. The van der Waals surface area contributed by atoms with Gasteiger partial charge in [0.2, 0.25) is 0 Å². The lowest BCUT2D eigenvalue weighted by molar-refractivity contribution is -0.114. The number of pyridine rings is 1. The van der Waals surface area contributed by atoms with Gasteiger partial charge in [-0.05, 0) is 63.8 Å². The number of hydrogen-bond donors (Lipinski definition) is 1. The summed E-state index contributed by atoms with van der Waals surface area (Å²) in [5.74, 6) is 0.232. The second kappa shape index (κ2) is 10.7. The molecule has 2 aromatic carbocycles. The van der Waals surface area contributed by atoms with E-state index in [2.05, 4.69) is 16.4 Å². The highest BCUT2D eigenvalue weighted by atomic mass is 19.1. The van der Waals surface area contributed by atoms with Crippen LogP contribution in [0.2, 0.25) is 0 Å². The average Bonchev–Trinajstić information content (AvgIpc) is 2.77. The van der Waals surface area contributed by atoms with Crippen LogP contribution >= 0.6 is 0 Å². The zero-order valence-corrected chi connectivity index (χ0v) is 19.3. The minimum Gasteiger partial charge on any atom is -0.494 e. The molecule has 170 valence electrons. The highest BCUT2D eigenvalue weighted by Gasteiger charge is 2.16. The topological polar surface area (TPSA) is 78.2 Å². The maximum atomic E-state index is 13.7. The summed E-state index contributed by atoms with van der Waals surface area (Å²) in [5.41, 5.74) is 3.37. The van der Waals surface area contributed by atoms with Gasteiger partial charge in [0.1, 0.15) is 17.6 Å². The zero-order valence-electron chi connectivity index (χ0n) is 19.3. The number of nitriles is 1. The molecule has 0 radical (unpaired) electrons. The lowest BCUT2D eigenvalue weighted by Gasteiger charge is -2.15. The first-order valence-corrected chi connectivity index (χ1v) is 10.7. The summed E-state index contributed by atoms with van der Waals surface area (Å²) in [5, 5.41) is 13.6. The summed E-state index contributed by atoms with van der Waals surface area (Å²) < 4.78 is 19.5. The van der Waals surface area contributed by atoms with Gasteiger partial charge in [0.15, 0.2) is 5.78 Å². The van der Waals surface area contributed by atoms with Gasteiger partial charge >= 0.3 is 0 Å². The van der Waals surface area contributed by atoms with Crippen molar-refractivity contribution >= 4 is 28.1 Å². The monoisotopic (exact) mass is 446 g/mol. The highest BCUT2D eigenvalue weighted by Crippen LogP contribution is 2.34.